The Balaban J connectivity index is 1.34. The summed E-state index contributed by atoms with van der Waals surface area (Å²) in [6.45, 7) is 0.557. The van der Waals surface area contributed by atoms with Gasteiger partial charge >= 0.3 is 0 Å². The minimum atomic E-state index is -0.262. The zero-order valence-corrected chi connectivity index (χ0v) is 17.5. The lowest BCUT2D eigenvalue weighted by Crippen LogP contribution is -2.32. The lowest BCUT2D eigenvalue weighted by molar-refractivity contribution is -0.132. The Bertz CT molecular complexity index is 1040. The van der Waals surface area contributed by atoms with Gasteiger partial charge in [-0.05, 0) is 61.7 Å². The maximum atomic E-state index is 13.0. The number of aromatic amines is 1. The van der Waals surface area contributed by atoms with Crippen LogP contribution in [-0.2, 0) is 11.2 Å². The number of benzene rings is 2. The van der Waals surface area contributed by atoms with Gasteiger partial charge in [0.1, 0.15) is 17.6 Å². The number of nitrogens with one attached hydrogen (secondary N) is 1. The SMILES string of the molecule is CN(CCCCCc1cc(-c2ccc(F)cc2)n[nH]1)C(=O)COc1ccccc1C#N. The first-order valence-electron chi connectivity index (χ1n) is 10.2. The monoisotopic (exact) mass is 420 g/mol. The molecule has 0 saturated carbocycles. The van der Waals surface area contributed by atoms with Crippen LogP contribution < -0.4 is 4.74 Å². The number of likely N-dealkylation sites (N-methyl/N-ethyl adjacent to an activating group) is 1. The Labute approximate surface area is 181 Å². The number of hydrogen-bond acceptors (Lipinski definition) is 4. The molecule has 1 aromatic heterocycles. The van der Waals surface area contributed by atoms with E-state index in [0.717, 1.165) is 42.6 Å². The van der Waals surface area contributed by atoms with Crippen molar-refractivity contribution in [1.29, 1.82) is 5.26 Å². The topological polar surface area (TPSA) is 82.0 Å². The van der Waals surface area contributed by atoms with Crippen molar-refractivity contribution in [1.82, 2.24) is 15.1 Å². The number of rotatable bonds is 10. The number of amides is 1. The predicted octanol–water partition coefficient (Wildman–Crippen LogP) is 4.34. The number of halogens is 1. The fourth-order valence-corrected chi connectivity index (χ4v) is 3.16. The zero-order chi connectivity index (χ0) is 22.1. The molecule has 7 heteroatoms. The van der Waals surface area contributed by atoms with Crippen molar-refractivity contribution in [3.63, 3.8) is 0 Å². The second-order valence-corrected chi connectivity index (χ2v) is 7.31. The molecule has 0 aliphatic heterocycles. The van der Waals surface area contributed by atoms with Crippen LogP contribution in [0, 0.1) is 17.1 Å². The van der Waals surface area contributed by atoms with Gasteiger partial charge in [-0.25, -0.2) is 4.39 Å². The number of carbonyl (C=O) groups is 1. The van der Waals surface area contributed by atoms with Crippen LogP contribution >= 0.6 is 0 Å². The summed E-state index contributed by atoms with van der Waals surface area (Å²) < 4.78 is 18.5. The first-order valence-corrected chi connectivity index (χ1v) is 10.2. The third-order valence-corrected chi connectivity index (χ3v) is 4.99. The molecule has 0 aliphatic carbocycles. The summed E-state index contributed by atoms with van der Waals surface area (Å²) in [5, 5.41) is 16.4. The van der Waals surface area contributed by atoms with Crippen LogP contribution in [0.2, 0.25) is 0 Å². The van der Waals surface area contributed by atoms with E-state index in [1.807, 2.05) is 6.07 Å². The first kappa shape index (κ1) is 22.0. The van der Waals surface area contributed by atoms with Gasteiger partial charge in [0.15, 0.2) is 6.61 Å². The Hall–Kier alpha value is -3.66. The molecule has 3 aromatic rings. The molecule has 6 nitrogen and oxygen atoms in total. The van der Waals surface area contributed by atoms with E-state index in [0.29, 0.717) is 17.9 Å². The molecule has 0 unspecified atom stereocenters. The normalized spacial score (nSPS) is 10.5. The molecule has 31 heavy (non-hydrogen) atoms. The van der Waals surface area contributed by atoms with E-state index in [1.54, 1.807) is 48.3 Å². The van der Waals surface area contributed by atoms with Crippen LogP contribution in [0.3, 0.4) is 0 Å². The molecule has 0 bridgehead atoms. The molecule has 1 amide bonds. The van der Waals surface area contributed by atoms with Gasteiger partial charge in [-0.2, -0.15) is 10.4 Å². The highest BCUT2D eigenvalue weighted by atomic mass is 19.1. The smallest absolute Gasteiger partial charge is 0.260 e. The Morgan fingerprint density at radius 1 is 1.16 bits per heavy atom. The Morgan fingerprint density at radius 2 is 1.94 bits per heavy atom. The van der Waals surface area contributed by atoms with Gasteiger partial charge in [0, 0.05) is 24.8 Å². The van der Waals surface area contributed by atoms with E-state index in [2.05, 4.69) is 16.3 Å². The summed E-state index contributed by atoms with van der Waals surface area (Å²) in [6.07, 6.45) is 3.69. The maximum absolute atomic E-state index is 13.0. The minimum Gasteiger partial charge on any atom is -0.482 e. The molecule has 3 rings (SSSR count). The summed E-state index contributed by atoms with van der Waals surface area (Å²) in [5.41, 5.74) is 3.13. The van der Waals surface area contributed by atoms with Crippen molar-refractivity contribution in [2.75, 3.05) is 20.2 Å². The molecule has 0 atom stereocenters. The predicted molar refractivity (Wildman–Crippen MR) is 116 cm³/mol. The van der Waals surface area contributed by atoms with Crippen LogP contribution in [-0.4, -0.2) is 41.2 Å². The van der Waals surface area contributed by atoms with E-state index < -0.39 is 0 Å². The molecular weight excluding hydrogens is 395 g/mol. The number of hydrogen-bond donors (Lipinski definition) is 1. The number of para-hydroxylation sites is 1. The summed E-state index contributed by atoms with van der Waals surface area (Å²) in [7, 11) is 1.76. The molecular formula is C24H25FN4O2. The minimum absolute atomic E-state index is 0.0878. The lowest BCUT2D eigenvalue weighted by Gasteiger charge is -2.17. The van der Waals surface area contributed by atoms with Crippen LogP contribution in [0.4, 0.5) is 4.39 Å². The van der Waals surface area contributed by atoms with Crippen LogP contribution in [0.15, 0.2) is 54.6 Å². The van der Waals surface area contributed by atoms with Crippen molar-refractivity contribution in [3.8, 4) is 23.1 Å². The van der Waals surface area contributed by atoms with E-state index in [-0.39, 0.29) is 18.3 Å². The van der Waals surface area contributed by atoms with Gasteiger partial charge in [-0.15, -0.1) is 0 Å². The largest absolute Gasteiger partial charge is 0.482 e. The van der Waals surface area contributed by atoms with Crippen LogP contribution in [0.1, 0.15) is 30.5 Å². The highest BCUT2D eigenvalue weighted by molar-refractivity contribution is 5.77. The molecule has 2 aromatic carbocycles. The summed E-state index contributed by atoms with van der Waals surface area (Å²) >= 11 is 0. The van der Waals surface area contributed by atoms with Gasteiger partial charge in [-0.1, -0.05) is 18.6 Å². The average molecular weight is 420 g/mol. The van der Waals surface area contributed by atoms with Gasteiger partial charge < -0.3 is 9.64 Å². The number of H-pyrrole nitrogens is 1. The summed E-state index contributed by atoms with van der Waals surface area (Å²) in [6, 6.07) is 17.2. The van der Waals surface area contributed by atoms with Gasteiger partial charge in [0.25, 0.3) is 5.91 Å². The fourth-order valence-electron chi connectivity index (χ4n) is 3.16. The Kier molecular flexibility index (Phi) is 7.77. The van der Waals surface area contributed by atoms with Crippen molar-refractivity contribution in [2.45, 2.75) is 25.7 Å². The van der Waals surface area contributed by atoms with Crippen molar-refractivity contribution >= 4 is 5.91 Å². The molecule has 0 aliphatic rings. The van der Waals surface area contributed by atoms with Gasteiger partial charge in [0.2, 0.25) is 0 Å². The molecule has 0 radical (unpaired) electrons. The van der Waals surface area contributed by atoms with E-state index in [9.17, 15) is 9.18 Å². The number of aromatic nitrogens is 2. The van der Waals surface area contributed by atoms with E-state index >= 15 is 0 Å². The molecule has 0 fully saturated rings. The summed E-state index contributed by atoms with van der Waals surface area (Å²) in [4.78, 5) is 13.9. The number of ether oxygens (including phenoxy) is 1. The van der Waals surface area contributed by atoms with Crippen LogP contribution in [0.5, 0.6) is 5.75 Å². The van der Waals surface area contributed by atoms with Crippen molar-refractivity contribution in [3.05, 3.63) is 71.7 Å². The maximum Gasteiger partial charge on any atom is 0.260 e. The summed E-state index contributed by atoms with van der Waals surface area (Å²) in [5.74, 6) is 0.0399. The van der Waals surface area contributed by atoms with Crippen LogP contribution in [0.25, 0.3) is 11.3 Å². The van der Waals surface area contributed by atoms with Crippen molar-refractivity contribution in [2.24, 2.45) is 0 Å². The van der Waals surface area contributed by atoms with E-state index in [1.165, 1.54) is 12.1 Å². The molecule has 160 valence electrons. The van der Waals surface area contributed by atoms with Gasteiger partial charge in [0.05, 0.1) is 11.3 Å². The second-order valence-electron chi connectivity index (χ2n) is 7.31. The third-order valence-electron chi connectivity index (χ3n) is 4.99. The van der Waals surface area contributed by atoms with E-state index in [4.69, 9.17) is 10.00 Å². The average Bonchev–Trinajstić information content (AvgIpc) is 3.26. The zero-order valence-electron chi connectivity index (χ0n) is 17.5. The molecule has 1 N–H and O–H groups in total. The molecule has 0 spiro atoms. The lowest BCUT2D eigenvalue weighted by atomic mass is 10.1. The fraction of sp³-hybridized carbons (Fsp3) is 0.292. The number of nitriles is 1. The number of aryl methyl sites for hydroxylation is 1. The highest BCUT2D eigenvalue weighted by Gasteiger charge is 2.11. The number of unbranched alkanes of at least 4 members (excludes halogenated alkanes) is 2. The van der Waals surface area contributed by atoms with Gasteiger partial charge in [-0.3, -0.25) is 9.89 Å². The third kappa shape index (κ3) is 6.41. The number of nitrogens with zero attached hydrogens (tertiary/aromatic N) is 3. The number of carbonyl (C=O) groups excluding carboxylic acids is 1. The quantitative estimate of drug-likeness (QED) is 0.495. The molecule has 1 heterocycles. The molecule has 0 saturated heterocycles. The second kappa shape index (κ2) is 10.9. The first-order chi connectivity index (χ1) is 15.1. The Morgan fingerprint density at radius 3 is 2.71 bits per heavy atom. The highest BCUT2D eigenvalue weighted by Crippen LogP contribution is 2.19. The standard InChI is InChI=1S/C24H25FN4O2/c1-29(24(30)17-31-23-9-5-4-7-19(23)16-26)14-6-2-3-8-21-15-22(28-27-21)18-10-12-20(25)13-11-18/h4-5,7,9-13,15H,2-3,6,8,14,17H2,1H3,(H,27,28). The van der Waals surface area contributed by atoms with Crippen molar-refractivity contribution < 1.29 is 13.9 Å².